The minimum atomic E-state index is -1.68. The van der Waals surface area contributed by atoms with Gasteiger partial charge >= 0.3 is 0 Å². The van der Waals surface area contributed by atoms with E-state index in [4.69, 9.17) is 16.6 Å². The first-order chi connectivity index (χ1) is 27.5. The molecule has 0 spiro atoms. The van der Waals surface area contributed by atoms with Gasteiger partial charge in [0, 0.05) is 52.8 Å². The van der Waals surface area contributed by atoms with Crippen LogP contribution in [0.15, 0.2) is 115 Å². The van der Waals surface area contributed by atoms with Gasteiger partial charge in [-0.05, 0) is 85.6 Å². The summed E-state index contributed by atoms with van der Waals surface area (Å²) in [6.45, 7) is 10.7. The third-order valence-electron chi connectivity index (χ3n) is 10.3. The number of hydrogen-bond donors (Lipinski definition) is 0. The first-order valence-electron chi connectivity index (χ1n) is 20.3. The molecular formula is C46H42N6O. The van der Waals surface area contributed by atoms with Gasteiger partial charge in [-0.15, -0.1) is 5.10 Å². The summed E-state index contributed by atoms with van der Waals surface area (Å²) in [5.74, 6) is 0.883. The Kier molecular flexibility index (Phi) is 6.62. The van der Waals surface area contributed by atoms with Gasteiger partial charge in [-0.1, -0.05) is 87.5 Å². The zero-order chi connectivity index (χ0) is 40.9. The Labute approximate surface area is 316 Å². The second kappa shape index (κ2) is 12.8. The van der Waals surface area contributed by atoms with Crippen LogP contribution in [0.3, 0.4) is 0 Å². The smallest absolute Gasteiger partial charge is 0.139 e. The molecule has 4 aromatic heterocycles. The molecule has 9 aromatic rings. The molecule has 0 fully saturated rings. The van der Waals surface area contributed by atoms with Crippen LogP contribution in [0.4, 0.5) is 0 Å². The molecule has 5 aromatic carbocycles. The third-order valence-corrected chi connectivity index (χ3v) is 10.3. The zero-order valence-electron chi connectivity index (χ0n) is 35.6. The quantitative estimate of drug-likeness (QED) is 0.158. The van der Waals surface area contributed by atoms with E-state index in [1.54, 1.807) is 24.7 Å². The van der Waals surface area contributed by atoms with Crippen molar-refractivity contribution in [3.63, 3.8) is 0 Å². The summed E-state index contributed by atoms with van der Waals surface area (Å²) in [6.07, 6.45) is -1.61. The Hall–Kier alpha value is -6.21. The fourth-order valence-corrected chi connectivity index (χ4v) is 7.55. The van der Waals surface area contributed by atoms with Crippen LogP contribution in [0.2, 0.25) is 0 Å². The van der Waals surface area contributed by atoms with Crippen molar-refractivity contribution >= 4 is 43.6 Å². The number of benzene rings is 5. The number of rotatable bonds is 8. The van der Waals surface area contributed by atoms with Gasteiger partial charge in [0.05, 0.1) is 44.8 Å². The Balaban J connectivity index is 1.25. The fourth-order valence-electron chi connectivity index (χ4n) is 7.55. The van der Waals surface area contributed by atoms with Crippen LogP contribution in [0.25, 0.3) is 60.8 Å². The van der Waals surface area contributed by atoms with Gasteiger partial charge in [-0.2, -0.15) is 0 Å². The minimum absolute atomic E-state index is 0.510. The van der Waals surface area contributed by atoms with Gasteiger partial charge in [0.15, 0.2) is 0 Å². The molecule has 0 aliphatic carbocycles. The van der Waals surface area contributed by atoms with Crippen molar-refractivity contribution < 1.29 is 11.6 Å². The van der Waals surface area contributed by atoms with Gasteiger partial charge in [-0.25, -0.2) is 9.67 Å². The Bertz CT molecular complexity index is 3020. The molecule has 0 radical (unpaired) electrons. The van der Waals surface area contributed by atoms with Crippen LogP contribution in [0, 0.1) is 13.8 Å². The number of hydrogen-bond acceptors (Lipinski definition) is 4. The molecule has 0 aliphatic heterocycles. The van der Waals surface area contributed by atoms with E-state index in [9.17, 15) is 0 Å². The third kappa shape index (κ3) is 5.29. The standard InChI is InChI=1S/C46H42N6O/c1-7-31-13-11-16-40-41-17-12-14-32(8-2)46(41)50(45(31)40)34-21-22-47-44(26-34)51-42-18-10-9-15-38(42)39-20-19-36(27-43(39)51)53-37-24-33(28(3)4)23-35(25-37)52-30(6)29(5)48-49-52/h9-28H,7-8H2,1-6H3/i7D2,8D2,28D. The van der Waals surface area contributed by atoms with Crippen molar-refractivity contribution in [3.05, 3.63) is 143 Å². The lowest BCUT2D eigenvalue weighted by Crippen LogP contribution is -2.03. The number of pyridine rings is 1. The molecule has 0 N–H and O–H groups in total. The second-order valence-electron chi connectivity index (χ2n) is 13.6. The molecular weight excluding hydrogens is 653 g/mol. The van der Waals surface area contributed by atoms with Gasteiger partial charge in [0.2, 0.25) is 0 Å². The van der Waals surface area contributed by atoms with Gasteiger partial charge in [-0.3, -0.25) is 4.57 Å². The topological polar surface area (TPSA) is 62.7 Å². The Morgan fingerprint density at radius 3 is 2.06 bits per heavy atom. The molecule has 0 atom stereocenters. The van der Waals surface area contributed by atoms with Crippen LogP contribution in [0.1, 0.15) is 68.5 Å². The van der Waals surface area contributed by atoms with E-state index in [0.29, 0.717) is 39.5 Å². The first-order valence-corrected chi connectivity index (χ1v) is 17.8. The molecule has 0 saturated heterocycles. The van der Waals surface area contributed by atoms with Crippen molar-refractivity contribution in [2.75, 3.05) is 0 Å². The lowest BCUT2D eigenvalue weighted by atomic mass is 10.0. The molecule has 0 saturated carbocycles. The Morgan fingerprint density at radius 1 is 0.679 bits per heavy atom. The van der Waals surface area contributed by atoms with E-state index in [-0.39, 0.29) is 0 Å². The van der Waals surface area contributed by atoms with Crippen LogP contribution < -0.4 is 4.74 Å². The fraction of sp³-hybridized carbons (Fsp3) is 0.196. The van der Waals surface area contributed by atoms with E-state index in [2.05, 4.69) is 33.1 Å². The predicted octanol–water partition coefficient (Wildman–Crippen LogP) is 11.5. The van der Waals surface area contributed by atoms with E-state index < -0.39 is 18.6 Å². The molecule has 0 amide bonds. The number of aryl methyl sites for hydroxylation is 3. The SMILES string of the molecule is [2H]C([2H])(C)c1cccc2c3cccc(C([2H])([2H])C)c3n(-c3ccnc(-n4c5ccccc5c5ccc(Oc6cc(-n7nnc(C)c7C)cc(C([2H])(C)C)c6)cc54)c3)c12. The molecule has 9 rings (SSSR count). The minimum Gasteiger partial charge on any atom is -0.457 e. The van der Waals surface area contributed by atoms with Gasteiger partial charge < -0.3 is 9.30 Å². The molecule has 0 unspecified atom stereocenters. The summed E-state index contributed by atoms with van der Waals surface area (Å²) < 4.78 is 56.7. The molecule has 262 valence electrons. The highest BCUT2D eigenvalue weighted by Crippen LogP contribution is 2.39. The first kappa shape index (κ1) is 27.4. The number of ether oxygens (including phenoxy) is 1. The largest absolute Gasteiger partial charge is 0.457 e. The Morgan fingerprint density at radius 2 is 1.38 bits per heavy atom. The summed E-state index contributed by atoms with van der Waals surface area (Å²) in [6, 6.07) is 35.1. The van der Waals surface area contributed by atoms with E-state index in [1.165, 1.54) is 0 Å². The zero-order valence-corrected chi connectivity index (χ0v) is 30.6. The average Bonchev–Trinajstić information content (AvgIpc) is 3.81. The summed E-state index contributed by atoms with van der Waals surface area (Å²) in [5, 5.41) is 12.3. The average molecular weight is 700 g/mol. The van der Waals surface area contributed by atoms with Crippen molar-refractivity contribution in [3.8, 4) is 28.7 Å². The van der Waals surface area contributed by atoms with E-state index >= 15 is 0 Å². The maximum Gasteiger partial charge on any atom is 0.139 e. The number of fused-ring (bicyclic) bond motifs is 6. The van der Waals surface area contributed by atoms with Crippen molar-refractivity contribution in [2.24, 2.45) is 0 Å². The lowest BCUT2D eigenvalue weighted by molar-refractivity contribution is 0.481. The van der Waals surface area contributed by atoms with Gasteiger partial charge in [0.1, 0.15) is 17.3 Å². The van der Waals surface area contributed by atoms with Crippen LogP contribution in [-0.4, -0.2) is 29.1 Å². The molecule has 0 aliphatic rings. The highest BCUT2D eigenvalue weighted by atomic mass is 16.5. The normalized spacial score (nSPS) is 14.0. The van der Waals surface area contributed by atoms with Crippen LogP contribution in [0.5, 0.6) is 11.5 Å². The monoisotopic (exact) mass is 699 g/mol. The maximum atomic E-state index is 8.85. The van der Waals surface area contributed by atoms with Crippen molar-refractivity contribution in [1.82, 2.24) is 29.1 Å². The van der Waals surface area contributed by atoms with E-state index in [1.807, 2.05) is 123 Å². The summed E-state index contributed by atoms with van der Waals surface area (Å²) in [7, 11) is 0. The summed E-state index contributed by atoms with van der Waals surface area (Å²) in [4.78, 5) is 4.93. The maximum absolute atomic E-state index is 8.85. The van der Waals surface area contributed by atoms with E-state index in [0.717, 1.165) is 60.9 Å². The predicted molar refractivity (Wildman–Crippen MR) is 217 cm³/mol. The molecule has 7 nitrogen and oxygen atoms in total. The van der Waals surface area contributed by atoms with Crippen molar-refractivity contribution in [2.45, 2.75) is 60.2 Å². The lowest BCUT2D eigenvalue weighted by Gasteiger charge is -2.15. The van der Waals surface area contributed by atoms with Crippen molar-refractivity contribution in [1.29, 1.82) is 0 Å². The summed E-state index contributed by atoms with van der Waals surface area (Å²) >= 11 is 0. The molecule has 7 heteroatoms. The summed E-state index contributed by atoms with van der Waals surface area (Å²) in [5.41, 5.74) is 8.17. The number of nitrogens with zero attached hydrogens (tertiary/aromatic N) is 6. The second-order valence-corrected chi connectivity index (χ2v) is 13.6. The highest BCUT2D eigenvalue weighted by Gasteiger charge is 2.20. The molecule has 4 heterocycles. The van der Waals surface area contributed by atoms with Crippen LogP contribution in [-0.2, 0) is 12.7 Å². The molecule has 53 heavy (non-hydrogen) atoms. The number of aromatic nitrogens is 6. The highest BCUT2D eigenvalue weighted by molar-refractivity contribution is 6.12. The van der Waals surface area contributed by atoms with Gasteiger partial charge in [0.25, 0.3) is 0 Å². The van der Waals surface area contributed by atoms with Crippen LogP contribution >= 0.6 is 0 Å². The number of para-hydroxylation sites is 3. The molecule has 0 bridgehead atoms.